The zero-order valence-electron chi connectivity index (χ0n) is 8.97. The number of rotatable bonds is 4. The molecule has 0 spiro atoms. The summed E-state index contributed by atoms with van der Waals surface area (Å²) >= 11 is 5.59. The monoisotopic (exact) mass is 227 g/mol. The quantitative estimate of drug-likeness (QED) is 0.786. The van der Waals surface area contributed by atoms with Crippen molar-refractivity contribution < 1.29 is 4.79 Å². The Morgan fingerprint density at radius 1 is 1.40 bits per heavy atom. The van der Waals surface area contributed by atoms with E-state index in [2.05, 4.69) is 11.9 Å². The van der Waals surface area contributed by atoms with Gasteiger partial charge >= 0.3 is 0 Å². The largest absolute Gasteiger partial charge is 0.351 e. The van der Waals surface area contributed by atoms with Crippen molar-refractivity contribution in [1.82, 2.24) is 5.32 Å². The zero-order valence-corrected chi connectivity index (χ0v) is 9.72. The molecule has 0 aromatic heterocycles. The fraction of sp³-hybridized carbons (Fsp3) is 0.750. The zero-order chi connectivity index (χ0) is 10.8. The minimum absolute atomic E-state index is 0.134. The lowest BCUT2D eigenvalue weighted by atomic mass is 9.86. The van der Waals surface area contributed by atoms with Gasteiger partial charge in [0.25, 0.3) is 0 Å². The Kier molecular flexibility index (Phi) is 3.35. The lowest BCUT2D eigenvalue weighted by Gasteiger charge is -2.20. The molecule has 15 heavy (non-hydrogen) atoms. The third kappa shape index (κ3) is 2.75. The molecule has 2 saturated carbocycles. The van der Waals surface area contributed by atoms with Crippen LogP contribution in [-0.4, -0.2) is 12.5 Å². The minimum Gasteiger partial charge on any atom is -0.351 e. The summed E-state index contributed by atoms with van der Waals surface area (Å²) in [4.78, 5) is 11.6. The van der Waals surface area contributed by atoms with Gasteiger partial charge in [0.15, 0.2) is 0 Å². The van der Waals surface area contributed by atoms with Crippen molar-refractivity contribution in [3.63, 3.8) is 0 Å². The highest BCUT2D eigenvalue weighted by Gasteiger charge is 2.39. The van der Waals surface area contributed by atoms with Crippen molar-refractivity contribution in [2.24, 2.45) is 17.8 Å². The lowest BCUT2D eigenvalue weighted by molar-refractivity contribution is -0.122. The summed E-state index contributed by atoms with van der Waals surface area (Å²) in [6.07, 6.45) is 6.04. The number of carbonyl (C=O) groups is 1. The number of hydrogen-bond donors (Lipinski definition) is 1. The average molecular weight is 228 g/mol. The molecule has 2 bridgehead atoms. The van der Waals surface area contributed by atoms with Crippen LogP contribution in [0.5, 0.6) is 0 Å². The minimum atomic E-state index is 0.134. The second-order valence-corrected chi connectivity index (χ2v) is 5.47. The first-order valence-electron chi connectivity index (χ1n) is 5.75. The first-order valence-corrected chi connectivity index (χ1v) is 6.13. The normalized spacial score (nSPS) is 33.0. The fourth-order valence-corrected chi connectivity index (χ4v) is 3.20. The van der Waals surface area contributed by atoms with Gasteiger partial charge < -0.3 is 5.32 Å². The summed E-state index contributed by atoms with van der Waals surface area (Å²) in [6, 6.07) is 0. The molecule has 3 unspecified atom stereocenters. The van der Waals surface area contributed by atoms with Crippen molar-refractivity contribution in [3.8, 4) is 0 Å². The molecule has 1 amide bonds. The molecule has 2 aliphatic rings. The van der Waals surface area contributed by atoms with Crippen LogP contribution in [0.2, 0.25) is 0 Å². The van der Waals surface area contributed by atoms with Crippen LogP contribution in [0.4, 0.5) is 0 Å². The van der Waals surface area contributed by atoms with E-state index in [0.29, 0.717) is 23.9 Å². The van der Waals surface area contributed by atoms with Crippen LogP contribution < -0.4 is 5.32 Å². The molecular weight excluding hydrogens is 210 g/mol. The SMILES string of the molecule is C=C(Cl)CNC(=O)CC1CC2CCC1C2. The second kappa shape index (κ2) is 4.56. The van der Waals surface area contributed by atoms with E-state index < -0.39 is 0 Å². The Hall–Kier alpha value is -0.500. The van der Waals surface area contributed by atoms with Crippen LogP contribution >= 0.6 is 11.6 Å². The number of amides is 1. The Morgan fingerprint density at radius 2 is 2.20 bits per heavy atom. The smallest absolute Gasteiger partial charge is 0.220 e. The highest BCUT2D eigenvalue weighted by atomic mass is 35.5. The van der Waals surface area contributed by atoms with Gasteiger partial charge in [-0.3, -0.25) is 4.79 Å². The van der Waals surface area contributed by atoms with E-state index in [1.54, 1.807) is 0 Å². The van der Waals surface area contributed by atoms with E-state index in [1.807, 2.05) is 0 Å². The van der Waals surface area contributed by atoms with Crippen LogP contribution in [0.15, 0.2) is 11.6 Å². The van der Waals surface area contributed by atoms with Crippen LogP contribution in [-0.2, 0) is 4.79 Å². The molecule has 2 nitrogen and oxygen atoms in total. The van der Waals surface area contributed by atoms with Gasteiger partial charge in [0.2, 0.25) is 5.91 Å². The van der Waals surface area contributed by atoms with Crippen molar-refractivity contribution >= 4 is 17.5 Å². The topological polar surface area (TPSA) is 29.1 Å². The Morgan fingerprint density at radius 3 is 2.73 bits per heavy atom. The molecule has 0 aliphatic heterocycles. The molecule has 2 rings (SSSR count). The summed E-state index contributed by atoms with van der Waals surface area (Å²) in [5.41, 5.74) is 0. The molecule has 2 fully saturated rings. The van der Waals surface area contributed by atoms with E-state index in [9.17, 15) is 4.79 Å². The van der Waals surface area contributed by atoms with Crippen LogP contribution in [0.3, 0.4) is 0 Å². The maximum atomic E-state index is 11.6. The molecule has 1 N–H and O–H groups in total. The van der Waals surface area contributed by atoms with E-state index >= 15 is 0 Å². The fourth-order valence-electron chi connectivity index (χ4n) is 3.13. The standard InChI is InChI=1S/C12H18ClNO/c1-8(13)7-14-12(15)6-11-5-9-2-3-10(11)4-9/h9-11H,1-7H2,(H,14,15). The molecule has 84 valence electrons. The van der Waals surface area contributed by atoms with Crippen LogP contribution in [0, 0.1) is 17.8 Å². The highest BCUT2D eigenvalue weighted by molar-refractivity contribution is 6.29. The molecule has 0 aromatic carbocycles. The molecule has 0 radical (unpaired) electrons. The summed E-state index contributed by atoms with van der Waals surface area (Å²) in [7, 11) is 0. The van der Waals surface area contributed by atoms with Gasteiger partial charge in [-0.15, -0.1) is 0 Å². The van der Waals surface area contributed by atoms with Gasteiger partial charge in [0.1, 0.15) is 0 Å². The predicted molar refractivity (Wildman–Crippen MR) is 61.6 cm³/mol. The summed E-state index contributed by atoms with van der Waals surface area (Å²) in [5, 5.41) is 3.29. The first kappa shape index (κ1) is 11.0. The van der Waals surface area contributed by atoms with E-state index in [1.165, 1.54) is 25.7 Å². The highest BCUT2D eigenvalue weighted by Crippen LogP contribution is 2.49. The van der Waals surface area contributed by atoms with Gasteiger partial charge in [-0.1, -0.05) is 24.6 Å². The van der Waals surface area contributed by atoms with Crippen molar-refractivity contribution in [1.29, 1.82) is 0 Å². The lowest BCUT2D eigenvalue weighted by Crippen LogP contribution is -2.28. The van der Waals surface area contributed by atoms with E-state index in [-0.39, 0.29) is 5.91 Å². The molecule has 3 heteroatoms. The van der Waals surface area contributed by atoms with Gasteiger partial charge in [-0.05, 0) is 37.0 Å². The molecule has 2 aliphatic carbocycles. The number of nitrogens with one attached hydrogen (secondary N) is 1. The molecule has 0 heterocycles. The summed E-state index contributed by atoms with van der Waals surface area (Å²) in [5.74, 6) is 2.50. The van der Waals surface area contributed by atoms with Gasteiger partial charge in [0, 0.05) is 11.5 Å². The average Bonchev–Trinajstić information content (AvgIpc) is 2.76. The van der Waals surface area contributed by atoms with E-state index in [0.717, 1.165) is 11.8 Å². The third-order valence-electron chi connectivity index (χ3n) is 3.81. The third-order valence-corrected chi connectivity index (χ3v) is 3.94. The van der Waals surface area contributed by atoms with Crippen molar-refractivity contribution in [2.45, 2.75) is 32.1 Å². The Labute approximate surface area is 96.1 Å². The van der Waals surface area contributed by atoms with Gasteiger partial charge in [-0.25, -0.2) is 0 Å². The molecular formula is C12H18ClNO. The predicted octanol–water partition coefficient (Wildman–Crippen LogP) is 2.68. The molecule has 0 aromatic rings. The number of halogens is 1. The Bertz CT molecular complexity index is 277. The molecule has 0 saturated heterocycles. The van der Waals surface area contributed by atoms with Gasteiger partial charge in [-0.2, -0.15) is 0 Å². The second-order valence-electron chi connectivity index (χ2n) is 4.93. The number of carbonyl (C=O) groups excluding carboxylic acids is 1. The van der Waals surface area contributed by atoms with E-state index in [4.69, 9.17) is 11.6 Å². The van der Waals surface area contributed by atoms with Crippen molar-refractivity contribution in [3.05, 3.63) is 11.6 Å². The number of hydrogen-bond acceptors (Lipinski definition) is 1. The van der Waals surface area contributed by atoms with Crippen LogP contribution in [0.25, 0.3) is 0 Å². The number of fused-ring (bicyclic) bond motifs is 2. The first-order chi connectivity index (χ1) is 7.15. The van der Waals surface area contributed by atoms with Crippen molar-refractivity contribution in [2.75, 3.05) is 6.54 Å². The summed E-state index contributed by atoms with van der Waals surface area (Å²) in [6.45, 7) is 3.95. The maximum absolute atomic E-state index is 11.6. The molecule has 3 atom stereocenters. The van der Waals surface area contributed by atoms with Gasteiger partial charge in [0.05, 0.1) is 6.54 Å². The maximum Gasteiger partial charge on any atom is 0.220 e. The Balaban J connectivity index is 1.73. The van der Waals surface area contributed by atoms with Crippen LogP contribution in [0.1, 0.15) is 32.1 Å². The summed E-state index contributed by atoms with van der Waals surface area (Å²) < 4.78 is 0.